The van der Waals surface area contributed by atoms with Crippen molar-refractivity contribution in [1.29, 1.82) is 0 Å². The number of aromatic nitrogens is 4. The number of anilines is 1. The molecule has 3 rings (SSSR count). The lowest BCUT2D eigenvalue weighted by Gasteiger charge is -2.17. The fraction of sp³-hybridized carbons (Fsp3) is 0.615. The Kier molecular flexibility index (Phi) is 4.08. The molecule has 3 heterocycles. The first kappa shape index (κ1) is 13.3. The summed E-state index contributed by atoms with van der Waals surface area (Å²) in [5.41, 5.74) is 1.60. The standard InChI is InChI=1S/C13H19N5O2/c1-2-19-5-6-20-10-3-4-18(7-10)13-11-12(15-8-14-11)16-9-17-13/h8-10H,2-7H2,1H3,(H,14,15,16,17)/t10-/m0/s1. The summed E-state index contributed by atoms with van der Waals surface area (Å²) in [6, 6.07) is 0. The molecular formula is C13H19N5O2. The molecule has 0 bridgehead atoms. The summed E-state index contributed by atoms with van der Waals surface area (Å²) in [5.74, 6) is 0.906. The van der Waals surface area contributed by atoms with Crippen LogP contribution in [0.25, 0.3) is 11.2 Å². The van der Waals surface area contributed by atoms with Gasteiger partial charge in [-0.25, -0.2) is 15.0 Å². The number of rotatable bonds is 6. The van der Waals surface area contributed by atoms with Crippen molar-refractivity contribution in [2.75, 3.05) is 37.8 Å². The highest BCUT2D eigenvalue weighted by Gasteiger charge is 2.25. The molecule has 0 aromatic carbocycles. The first-order valence-electron chi connectivity index (χ1n) is 6.97. The fourth-order valence-corrected chi connectivity index (χ4v) is 2.47. The number of aromatic amines is 1. The molecule has 0 aliphatic carbocycles. The molecule has 108 valence electrons. The van der Waals surface area contributed by atoms with Gasteiger partial charge in [0.05, 0.1) is 25.6 Å². The quantitative estimate of drug-likeness (QED) is 0.793. The van der Waals surface area contributed by atoms with Crippen LogP contribution in [0.5, 0.6) is 0 Å². The molecule has 0 unspecified atom stereocenters. The Labute approximate surface area is 117 Å². The molecule has 20 heavy (non-hydrogen) atoms. The van der Waals surface area contributed by atoms with Crippen molar-refractivity contribution in [3.8, 4) is 0 Å². The molecule has 2 aromatic heterocycles. The first-order valence-corrected chi connectivity index (χ1v) is 6.97. The molecular weight excluding hydrogens is 258 g/mol. The number of fused-ring (bicyclic) bond motifs is 1. The number of imidazole rings is 1. The summed E-state index contributed by atoms with van der Waals surface area (Å²) < 4.78 is 11.1. The number of H-pyrrole nitrogens is 1. The minimum Gasteiger partial charge on any atom is -0.379 e. The maximum absolute atomic E-state index is 5.81. The van der Waals surface area contributed by atoms with E-state index >= 15 is 0 Å². The Hall–Kier alpha value is -1.73. The van der Waals surface area contributed by atoms with E-state index in [9.17, 15) is 0 Å². The van der Waals surface area contributed by atoms with Crippen molar-refractivity contribution in [2.45, 2.75) is 19.4 Å². The molecule has 0 radical (unpaired) electrons. The number of nitrogens with one attached hydrogen (secondary N) is 1. The van der Waals surface area contributed by atoms with Crippen LogP contribution < -0.4 is 4.90 Å². The third-order valence-electron chi connectivity index (χ3n) is 3.43. The summed E-state index contributed by atoms with van der Waals surface area (Å²) in [6.07, 6.45) is 4.45. The van der Waals surface area contributed by atoms with Crippen LogP contribution in [-0.2, 0) is 9.47 Å². The number of hydrogen-bond acceptors (Lipinski definition) is 6. The molecule has 1 aliphatic rings. The second-order valence-electron chi connectivity index (χ2n) is 4.72. The van der Waals surface area contributed by atoms with Gasteiger partial charge in [0.1, 0.15) is 11.8 Å². The van der Waals surface area contributed by atoms with Gasteiger partial charge in [-0.3, -0.25) is 0 Å². The van der Waals surface area contributed by atoms with E-state index in [-0.39, 0.29) is 6.10 Å². The molecule has 2 aromatic rings. The van der Waals surface area contributed by atoms with E-state index in [1.54, 1.807) is 12.7 Å². The van der Waals surface area contributed by atoms with Gasteiger partial charge >= 0.3 is 0 Å². The van der Waals surface area contributed by atoms with Crippen LogP contribution in [0.15, 0.2) is 12.7 Å². The van der Waals surface area contributed by atoms with Crippen molar-refractivity contribution < 1.29 is 9.47 Å². The van der Waals surface area contributed by atoms with Crippen LogP contribution in [-0.4, -0.2) is 59.0 Å². The maximum atomic E-state index is 5.81. The van der Waals surface area contributed by atoms with E-state index in [0.29, 0.717) is 18.9 Å². The van der Waals surface area contributed by atoms with E-state index < -0.39 is 0 Å². The van der Waals surface area contributed by atoms with Crippen LogP contribution in [0, 0.1) is 0 Å². The zero-order valence-electron chi connectivity index (χ0n) is 11.6. The first-order chi connectivity index (χ1) is 9.88. The Morgan fingerprint density at radius 1 is 1.35 bits per heavy atom. The predicted molar refractivity (Wildman–Crippen MR) is 74.7 cm³/mol. The van der Waals surface area contributed by atoms with Gasteiger partial charge < -0.3 is 19.4 Å². The van der Waals surface area contributed by atoms with Crippen LogP contribution in [0.4, 0.5) is 5.82 Å². The zero-order valence-corrected chi connectivity index (χ0v) is 11.6. The number of nitrogens with zero attached hydrogens (tertiary/aromatic N) is 4. The van der Waals surface area contributed by atoms with Gasteiger partial charge in [-0.05, 0) is 13.3 Å². The van der Waals surface area contributed by atoms with Crippen LogP contribution >= 0.6 is 0 Å². The van der Waals surface area contributed by atoms with Crippen LogP contribution in [0.3, 0.4) is 0 Å². The molecule has 0 spiro atoms. The number of hydrogen-bond donors (Lipinski definition) is 1. The van der Waals surface area contributed by atoms with Gasteiger partial charge in [-0.2, -0.15) is 0 Å². The zero-order chi connectivity index (χ0) is 13.8. The monoisotopic (exact) mass is 277 g/mol. The van der Waals surface area contributed by atoms with Gasteiger partial charge in [0.15, 0.2) is 11.5 Å². The highest BCUT2D eigenvalue weighted by molar-refractivity contribution is 5.82. The normalized spacial score (nSPS) is 19.1. The summed E-state index contributed by atoms with van der Waals surface area (Å²) in [5, 5.41) is 0. The molecule has 7 heteroatoms. The van der Waals surface area contributed by atoms with E-state index in [0.717, 1.165) is 37.5 Å². The van der Waals surface area contributed by atoms with E-state index in [2.05, 4.69) is 24.8 Å². The minimum absolute atomic E-state index is 0.239. The third kappa shape index (κ3) is 2.73. The predicted octanol–water partition coefficient (Wildman–Crippen LogP) is 0.985. The van der Waals surface area contributed by atoms with E-state index in [1.165, 1.54) is 0 Å². The fourth-order valence-electron chi connectivity index (χ4n) is 2.47. The molecule has 1 saturated heterocycles. The van der Waals surface area contributed by atoms with Gasteiger partial charge in [0.25, 0.3) is 0 Å². The molecule has 1 aliphatic heterocycles. The molecule has 0 saturated carbocycles. The lowest BCUT2D eigenvalue weighted by Crippen LogP contribution is -2.25. The third-order valence-corrected chi connectivity index (χ3v) is 3.43. The second kappa shape index (κ2) is 6.15. The Balaban J connectivity index is 1.61. The summed E-state index contributed by atoms with van der Waals surface area (Å²) >= 11 is 0. The lowest BCUT2D eigenvalue weighted by molar-refractivity contribution is 0.0169. The Morgan fingerprint density at radius 3 is 3.20 bits per heavy atom. The molecule has 1 fully saturated rings. The van der Waals surface area contributed by atoms with Gasteiger partial charge in [0, 0.05) is 19.7 Å². The lowest BCUT2D eigenvalue weighted by atomic mass is 10.3. The van der Waals surface area contributed by atoms with E-state index in [1.807, 2.05) is 6.92 Å². The average molecular weight is 277 g/mol. The topological polar surface area (TPSA) is 76.2 Å². The second-order valence-corrected chi connectivity index (χ2v) is 4.72. The summed E-state index contributed by atoms with van der Waals surface area (Å²) in [7, 11) is 0. The number of ether oxygens (including phenoxy) is 2. The van der Waals surface area contributed by atoms with Crippen LogP contribution in [0.2, 0.25) is 0 Å². The molecule has 1 atom stereocenters. The average Bonchev–Trinajstić information content (AvgIpc) is 3.12. The van der Waals surface area contributed by atoms with Crippen molar-refractivity contribution in [3.63, 3.8) is 0 Å². The Bertz CT molecular complexity index is 558. The van der Waals surface area contributed by atoms with Gasteiger partial charge in [0.2, 0.25) is 0 Å². The Morgan fingerprint density at radius 2 is 2.30 bits per heavy atom. The van der Waals surface area contributed by atoms with Crippen molar-refractivity contribution in [1.82, 2.24) is 19.9 Å². The van der Waals surface area contributed by atoms with Crippen molar-refractivity contribution in [2.24, 2.45) is 0 Å². The van der Waals surface area contributed by atoms with Crippen molar-refractivity contribution >= 4 is 17.0 Å². The highest BCUT2D eigenvalue weighted by Crippen LogP contribution is 2.24. The van der Waals surface area contributed by atoms with Gasteiger partial charge in [-0.15, -0.1) is 0 Å². The minimum atomic E-state index is 0.239. The highest BCUT2D eigenvalue weighted by atomic mass is 16.5. The van der Waals surface area contributed by atoms with Crippen LogP contribution in [0.1, 0.15) is 13.3 Å². The molecule has 7 nitrogen and oxygen atoms in total. The summed E-state index contributed by atoms with van der Waals surface area (Å²) in [4.78, 5) is 18.0. The SMILES string of the molecule is CCOCCO[C@H]1CCN(c2ncnc3nc[nH]c23)C1. The van der Waals surface area contributed by atoms with Crippen molar-refractivity contribution in [3.05, 3.63) is 12.7 Å². The van der Waals surface area contributed by atoms with Gasteiger partial charge in [-0.1, -0.05) is 0 Å². The molecule has 1 N–H and O–H groups in total. The largest absolute Gasteiger partial charge is 0.379 e. The smallest absolute Gasteiger partial charge is 0.182 e. The summed E-state index contributed by atoms with van der Waals surface area (Å²) in [6.45, 7) is 5.81. The molecule has 0 amide bonds. The van der Waals surface area contributed by atoms with E-state index in [4.69, 9.17) is 9.47 Å². The maximum Gasteiger partial charge on any atom is 0.182 e.